The monoisotopic (exact) mass is 338 g/mol. The number of hydrogen-bond donors (Lipinski definition) is 0. The molecule has 1 aliphatic rings. The Hall–Kier alpha value is -2.62. The van der Waals surface area contributed by atoms with Crippen molar-refractivity contribution in [2.75, 3.05) is 7.11 Å². The van der Waals surface area contributed by atoms with Gasteiger partial charge in [-0.05, 0) is 49.4 Å². The molecule has 0 heterocycles. The number of esters is 1. The standard InChI is InChI=1S/C21H22O4/c1-14-6-8-15(9-7-14)13-25-17-11-10-16-4-3-5-18(21(23)24-2)20(22)19(16)12-17/h6-12,18H,3-5,13H2,1-2H3. The Bertz CT molecular complexity index is 777. The van der Waals surface area contributed by atoms with Gasteiger partial charge >= 0.3 is 5.97 Å². The Kier molecular flexibility index (Phi) is 5.17. The smallest absolute Gasteiger partial charge is 0.316 e. The molecular formula is C21H22O4. The lowest BCUT2D eigenvalue weighted by Crippen LogP contribution is -2.24. The molecule has 0 saturated carbocycles. The van der Waals surface area contributed by atoms with E-state index in [4.69, 9.17) is 9.47 Å². The molecule has 0 aliphatic heterocycles. The molecule has 0 fully saturated rings. The van der Waals surface area contributed by atoms with Crippen molar-refractivity contribution in [2.24, 2.45) is 5.92 Å². The number of rotatable bonds is 4. The summed E-state index contributed by atoms with van der Waals surface area (Å²) < 4.78 is 10.6. The van der Waals surface area contributed by atoms with Crippen LogP contribution in [0.3, 0.4) is 0 Å². The van der Waals surface area contributed by atoms with Crippen molar-refractivity contribution in [3.8, 4) is 5.75 Å². The number of benzene rings is 2. The molecule has 130 valence electrons. The highest BCUT2D eigenvalue weighted by atomic mass is 16.5. The molecule has 2 aromatic rings. The van der Waals surface area contributed by atoms with Crippen molar-refractivity contribution < 1.29 is 19.1 Å². The molecule has 0 spiro atoms. The number of aryl methyl sites for hydroxylation is 2. The third-order valence-electron chi connectivity index (χ3n) is 4.61. The van der Waals surface area contributed by atoms with Crippen LogP contribution in [0.25, 0.3) is 0 Å². The predicted octanol–water partition coefficient (Wildman–Crippen LogP) is 3.88. The normalized spacial score (nSPS) is 16.7. The summed E-state index contributed by atoms with van der Waals surface area (Å²) in [6, 6.07) is 13.7. The fraction of sp³-hybridized carbons (Fsp3) is 0.333. The molecule has 0 N–H and O–H groups in total. The molecule has 25 heavy (non-hydrogen) atoms. The van der Waals surface area contributed by atoms with Gasteiger partial charge < -0.3 is 9.47 Å². The molecule has 4 nitrogen and oxygen atoms in total. The van der Waals surface area contributed by atoms with Gasteiger partial charge in [0.15, 0.2) is 5.78 Å². The van der Waals surface area contributed by atoms with E-state index < -0.39 is 11.9 Å². The SMILES string of the molecule is COC(=O)C1CCCc2ccc(OCc3ccc(C)cc3)cc2C1=O. The predicted molar refractivity (Wildman–Crippen MR) is 94.7 cm³/mol. The van der Waals surface area contributed by atoms with Gasteiger partial charge in [0, 0.05) is 5.56 Å². The maximum Gasteiger partial charge on any atom is 0.316 e. The Morgan fingerprint density at radius 2 is 1.92 bits per heavy atom. The number of Topliss-reactive ketones (excluding diaryl/α,β-unsaturated/α-hetero) is 1. The summed E-state index contributed by atoms with van der Waals surface area (Å²) >= 11 is 0. The van der Waals surface area contributed by atoms with Crippen molar-refractivity contribution in [1.82, 2.24) is 0 Å². The number of methoxy groups -OCH3 is 1. The van der Waals surface area contributed by atoms with Crippen molar-refractivity contribution in [2.45, 2.75) is 32.8 Å². The molecule has 1 atom stereocenters. The number of fused-ring (bicyclic) bond motifs is 1. The summed E-state index contributed by atoms with van der Waals surface area (Å²) in [6.07, 6.45) is 2.11. The van der Waals surface area contributed by atoms with Crippen LogP contribution in [-0.2, 0) is 22.6 Å². The van der Waals surface area contributed by atoms with Crippen LogP contribution in [0, 0.1) is 12.8 Å². The van der Waals surface area contributed by atoms with Gasteiger partial charge in [0.05, 0.1) is 7.11 Å². The number of carbonyl (C=O) groups is 2. The average Bonchev–Trinajstić information content (AvgIpc) is 2.79. The molecule has 0 radical (unpaired) electrons. The van der Waals surface area contributed by atoms with Gasteiger partial charge in [0.2, 0.25) is 0 Å². The maximum absolute atomic E-state index is 12.7. The van der Waals surface area contributed by atoms with E-state index in [9.17, 15) is 9.59 Å². The number of ether oxygens (including phenoxy) is 2. The van der Waals surface area contributed by atoms with Crippen LogP contribution in [0.4, 0.5) is 0 Å². The van der Waals surface area contributed by atoms with Crippen LogP contribution < -0.4 is 4.74 Å². The summed E-state index contributed by atoms with van der Waals surface area (Å²) in [5.41, 5.74) is 3.82. The molecule has 0 saturated heterocycles. The van der Waals surface area contributed by atoms with Crippen molar-refractivity contribution in [1.29, 1.82) is 0 Å². The highest BCUT2D eigenvalue weighted by Gasteiger charge is 2.32. The fourth-order valence-corrected chi connectivity index (χ4v) is 3.13. The second kappa shape index (κ2) is 7.51. The van der Waals surface area contributed by atoms with Crippen LogP contribution in [0.15, 0.2) is 42.5 Å². The van der Waals surface area contributed by atoms with Crippen molar-refractivity contribution >= 4 is 11.8 Å². The van der Waals surface area contributed by atoms with Crippen molar-refractivity contribution in [3.05, 3.63) is 64.7 Å². The first-order valence-corrected chi connectivity index (χ1v) is 8.52. The summed E-state index contributed by atoms with van der Waals surface area (Å²) in [5, 5.41) is 0. The molecule has 2 aromatic carbocycles. The van der Waals surface area contributed by atoms with Gasteiger partial charge in [-0.25, -0.2) is 0 Å². The molecule has 4 heteroatoms. The van der Waals surface area contributed by atoms with Crippen LogP contribution in [0.1, 0.15) is 39.9 Å². The molecular weight excluding hydrogens is 316 g/mol. The van der Waals surface area contributed by atoms with E-state index in [1.807, 2.05) is 43.3 Å². The summed E-state index contributed by atoms with van der Waals surface area (Å²) in [7, 11) is 1.32. The highest BCUT2D eigenvalue weighted by Crippen LogP contribution is 2.29. The van der Waals surface area contributed by atoms with Crippen LogP contribution in [0.2, 0.25) is 0 Å². The molecule has 3 rings (SSSR count). The zero-order valence-corrected chi connectivity index (χ0v) is 14.6. The minimum absolute atomic E-state index is 0.167. The summed E-state index contributed by atoms with van der Waals surface area (Å²) in [5.74, 6) is -0.694. The topological polar surface area (TPSA) is 52.6 Å². The van der Waals surface area contributed by atoms with E-state index in [1.54, 1.807) is 6.07 Å². The van der Waals surface area contributed by atoms with Crippen LogP contribution >= 0.6 is 0 Å². The zero-order chi connectivity index (χ0) is 17.8. The van der Waals surface area contributed by atoms with Gasteiger partial charge in [0.1, 0.15) is 18.3 Å². The van der Waals surface area contributed by atoms with Crippen LogP contribution in [0.5, 0.6) is 5.75 Å². The zero-order valence-electron chi connectivity index (χ0n) is 14.6. The van der Waals surface area contributed by atoms with Crippen LogP contribution in [-0.4, -0.2) is 18.9 Å². The van der Waals surface area contributed by atoms with E-state index in [-0.39, 0.29) is 5.78 Å². The Balaban J connectivity index is 1.79. The lowest BCUT2D eigenvalue weighted by molar-refractivity contribution is -0.143. The molecule has 0 aromatic heterocycles. The molecule has 0 amide bonds. The minimum atomic E-state index is -0.710. The number of carbonyl (C=O) groups excluding carboxylic acids is 2. The Morgan fingerprint density at radius 3 is 2.64 bits per heavy atom. The molecule has 1 unspecified atom stereocenters. The van der Waals surface area contributed by atoms with Crippen molar-refractivity contribution in [3.63, 3.8) is 0 Å². The fourth-order valence-electron chi connectivity index (χ4n) is 3.13. The highest BCUT2D eigenvalue weighted by molar-refractivity contribution is 6.09. The van der Waals surface area contributed by atoms with Gasteiger partial charge in [-0.2, -0.15) is 0 Å². The number of hydrogen-bond acceptors (Lipinski definition) is 4. The molecule has 1 aliphatic carbocycles. The lowest BCUT2D eigenvalue weighted by Gasteiger charge is -2.13. The van der Waals surface area contributed by atoms with Gasteiger partial charge in [-0.3, -0.25) is 9.59 Å². The second-order valence-corrected chi connectivity index (χ2v) is 6.43. The Labute approximate surface area is 147 Å². The maximum atomic E-state index is 12.7. The van der Waals surface area contributed by atoms with Gasteiger partial charge in [-0.15, -0.1) is 0 Å². The minimum Gasteiger partial charge on any atom is -0.489 e. The first kappa shape index (κ1) is 17.2. The van der Waals surface area contributed by atoms with E-state index in [1.165, 1.54) is 12.7 Å². The van der Waals surface area contributed by atoms with Gasteiger partial charge in [-0.1, -0.05) is 35.9 Å². The average molecular weight is 338 g/mol. The Morgan fingerprint density at radius 1 is 1.16 bits per heavy atom. The summed E-state index contributed by atoms with van der Waals surface area (Å²) in [6.45, 7) is 2.48. The number of ketones is 1. The lowest BCUT2D eigenvalue weighted by atomic mass is 9.95. The van der Waals surface area contributed by atoms with E-state index in [2.05, 4.69) is 0 Å². The summed E-state index contributed by atoms with van der Waals surface area (Å²) in [4.78, 5) is 24.6. The van der Waals surface area contributed by atoms with E-state index >= 15 is 0 Å². The quantitative estimate of drug-likeness (QED) is 0.482. The van der Waals surface area contributed by atoms with E-state index in [0.717, 1.165) is 24.0 Å². The second-order valence-electron chi connectivity index (χ2n) is 6.43. The molecule has 0 bridgehead atoms. The largest absolute Gasteiger partial charge is 0.489 e. The third kappa shape index (κ3) is 3.90. The first-order valence-electron chi connectivity index (χ1n) is 8.52. The third-order valence-corrected chi connectivity index (χ3v) is 4.61. The van der Waals surface area contributed by atoms with Gasteiger partial charge in [0.25, 0.3) is 0 Å². The van der Waals surface area contributed by atoms with E-state index in [0.29, 0.717) is 24.3 Å². The first-order chi connectivity index (χ1) is 12.1.